The van der Waals surface area contributed by atoms with Gasteiger partial charge in [-0.15, -0.1) is 0 Å². The highest BCUT2D eigenvalue weighted by molar-refractivity contribution is 5.82. The van der Waals surface area contributed by atoms with Gasteiger partial charge in [0.1, 0.15) is 31.2 Å². The molecule has 0 saturated carbocycles. The zero-order chi connectivity index (χ0) is 27.1. The number of fused-ring (bicyclic) bond motifs is 1. The summed E-state index contributed by atoms with van der Waals surface area (Å²) in [6, 6.07) is 5.01. The summed E-state index contributed by atoms with van der Waals surface area (Å²) in [7, 11) is 1.48. The number of methoxy groups -OCH3 is 1. The number of ether oxygens (including phenoxy) is 3. The average Bonchev–Trinajstić information content (AvgIpc) is 3.47. The number of anilines is 1. The van der Waals surface area contributed by atoms with Crippen LogP contribution in [0, 0.1) is 0 Å². The van der Waals surface area contributed by atoms with Crippen molar-refractivity contribution in [3.8, 4) is 11.5 Å². The smallest absolute Gasteiger partial charge is 0.305 e. The second-order valence-electron chi connectivity index (χ2n) is 9.30. The van der Waals surface area contributed by atoms with Gasteiger partial charge in [0, 0.05) is 13.0 Å². The van der Waals surface area contributed by atoms with Crippen molar-refractivity contribution in [3.63, 3.8) is 0 Å². The zero-order valence-electron chi connectivity index (χ0n) is 21.6. The Labute approximate surface area is 220 Å². The van der Waals surface area contributed by atoms with E-state index in [-0.39, 0.29) is 18.3 Å². The van der Waals surface area contributed by atoms with Crippen molar-refractivity contribution in [1.82, 2.24) is 19.5 Å². The fraction of sp³-hybridized carbons (Fsp3) is 0.538. The van der Waals surface area contributed by atoms with Crippen molar-refractivity contribution in [2.75, 3.05) is 19.0 Å². The Morgan fingerprint density at radius 3 is 2.74 bits per heavy atom. The Morgan fingerprint density at radius 2 is 1.95 bits per heavy atom. The van der Waals surface area contributed by atoms with Crippen LogP contribution >= 0.6 is 0 Å². The molecule has 1 aromatic carbocycles. The standard InChI is InChI=1S/C26H35N5O7/c1-3-4-5-6-7-8-20(33)37-13-19-22(34)23(35)26(38-19)31-15-30-21-24(28-14-29-25(21)31)27-12-16-9-10-17(32)18(11-16)36-2/h9-11,14-15,19,22-23,26,32,34-35H,3-8,12-13H2,1-2H3,(H,27,28,29)/t19-,22-,23-,26-/m1/s1. The molecule has 0 bridgehead atoms. The fourth-order valence-electron chi connectivity index (χ4n) is 4.40. The molecule has 0 radical (unpaired) electrons. The van der Waals surface area contributed by atoms with Gasteiger partial charge in [0.2, 0.25) is 0 Å². The largest absolute Gasteiger partial charge is 0.504 e. The van der Waals surface area contributed by atoms with E-state index in [1.54, 1.807) is 18.2 Å². The van der Waals surface area contributed by atoms with Crippen LogP contribution in [0.15, 0.2) is 30.9 Å². The van der Waals surface area contributed by atoms with E-state index in [4.69, 9.17) is 14.2 Å². The van der Waals surface area contributed by atoms with Gasteiger partial charge in [0.15, 0.2) is 34.7 Å². The van der Waals surface area contributed by atoms with Crippen molar-refractivity contribution in [3.05, 3.63) is 36.4 Å². The number of aromatic hydroxyl groups is 1. The number of aromatic nitrogens is 4. The minimum Gasteiger partial charge on any atom is -0.504 e. The van der Waals surface area contributed by atoms with Gasteiger partial charge >= 0.3 is 5.97 Å². The maximum Gasteiger partial charge on any atom is 0.305 e. The van der Waals surface area contributed by atoms with E-state index >= 15 is 0 Å². The Morgan fingerprint density at radius 1 is 1.13 bits per heavy atom. The first-order chi connectivity index (χ1) is 18.4. The summed E-state index contributed by atoms with van der Waals surface area (Å²) in [6.45, 7) is 2.35. The molecule has 1 aliphatic rings. The third kappa shape index (κ3) is 6.32. The molecule has 3 heterocycles. The van der Waals surface area contributed by atoms with E-state index < -0.39 is 24.5 Å². The number of carbonyl (C=O) groups is 1. The lowest BCUT2D eigenvalue weighted by molar-refractivity contribution is -0.150. The predicted octanol–water partition coefficient (Wildman–Crippen LogP) is 2.68. The van der Waals surface area contributed by atoms with Crippen molar-refractivity contribution in [2.45, 2.75) is 76.5 Å². The third-order valence-corrected chi connectivity index (χ3v) is 6.57. The van der Waals surface area contributed by atoms with Crippen LogP contribution in [-0.4, -0.2) is 72.8 Å². The predicted molar refractivity (Wildman–Crippen MR) is 138 cm³/mol. The number of nitrogens with zero attached hydrogens (tertiary/aromatic N) is 4. The fourth-order valence-corrected chi connectivity index (χ4v) is 4.40. The Hall–Kier alpha value is -3.48. The second kappa shape index (κ2) is 12.9. The number of aliphatic hydroxyl groups excluding tert-OH is 2. The van der Waals surface area contributed by atoms with E-state index in [1.165, 1.54) is 24.3 Å². The van der Waals surface area contributed by atoms with Gasteiger partial charge in [-0.1, -0.05) is 38.7 Å². The summed E-state index contributed by atoms with van der Waals surface area (Å²) in [6.07, 6.45) is 3.85. The summed E-state index contributed by atoms with van der Waals surface area (Å²) < 4.78 is 17.9. The lowest BCUT2D eigenvalue weighted by Gasteiger charge is -2.16. The number of carbonyl (C=O) groups excluding carboxylic acids is 1. The van der Waals surface area contributed by atoms with Gasteiger partial charge in [-0.2, -0.15) is 0 Å². The Bertz CT molecular complexity index is 1220. The first kappa shape index (κ1) is 27.6. The molecule has 1 fully saturated rings. The number of unbranched alkanes of at least 4 members (excludes halogenated alkanes) is 4. The van der Waals surface area contributed by atoms with Gasteiger partial charge in [0.05, 0.1) is 13.4 Å². The van der Waals surface area contributed by atoms with Gasteiger partial charge in [-0.3, -0.25) is 9.36 Å². The molecule has 1 aliphatic heterocycles. The summed E-state index contributed by atoms with van der Waals surface area (Å²) >= 11 is 0. The normalized spacial score (nSPS) is 21.1. The number of rotatable bonds is 13. The van der Waals surface area contributed by atoms with Gasteiger partial charge in [-0.25, -0.2) is 15.0 Å². The number of benzene rings is 1. The maximum atomic E-state index is 12.1. The van der Waals surface area contributed by atoms with Crippen LogP contribution in [-0.2, 0) is 20.8 Å². The number of phenolic OH excluding ortho intramolecular Hbond substituents is 1. The lowest BCUT2D eigenvalue weighted by atomic mass is 10.1. The van der Waals surface area contributed by atoms with Crippen LogP contribution in [0.2, 0.25) is 0 Å². The van der Waals surface area contributed by atoms with E-state index in [0.29, 0.717) is 35.7 Å². The van der Waals surface area contributed by atoms with Crippen LogP contribution in [0.3, 0.4) is 0 Å². The van der Waals surface area contributed by atoms with Crippen molar-refractivity contribution >= 4 is 23.0 Å². The van der Waals surface area contributed by atoms with Crippen LogP contribution < -0.4 is 10.1 Å². The molecule has 1 saturated heterocycles. The van der Waals surface area contributed by atoms with Gasteiger partial charge in [0.25, 0.3) is 0 Å². The maximum absolute atomic E-state index is 12.1. The first-order valence-corrected chi connectivity index (χ1v) is 12.9. The Kier molecular flexibility index (Phi) is 9.32. The van der Waals surface area contributed by atoms with Crippen molar-refractivity contribution in [2.24, 2.45) is 0 Å². The van der Waals surface area contributed by atoms with Crippen molar-refractivity contribution in [1.29, 1.82) is 0 Å². The van der Waals surface area contributed by atoms with Crippen LogP contribution in [0.25, 0.3) is 11.2 Å². The number of nitrogens with one attached hydrogen (secondary N) is 1. The highest BCUT2D eigenvalue weighted by atomic mass is 16.6. The van der Waals surface area contributed by atoms with Crippen LogP contribution in [0.4, 0.5) is 5.82 Å². The quantitative estimate of drug-likeness (QED) is 0.190. The second-order valence-corrected chi connectivity index (χ2v) is 9.30. The zero-order valence-corrected chi connectivity index (χ0v) is 21.6. The molecule has 4 N–H and O–H groups in total. The Balaban J connectivity index is 1.38. The molecule has 0 unspecified atom stereocenters. The topological polar surface area (TPSA) is 161 Å². The minimum absolute atomic E-state index is 0.0483. The summed E-state index contributed by atoms with van der Waals surface area (Å²) in [5.41, 5.74) is 1.69. The van der Waals surface area contributed by atoms with Crippen LogP contribution in [0.5, 0.6) is 11.5 Å². The monoisotopic (exact) mass is 529 g/mol. The molecular weight excluding hydrogens is 494 g/mol. The molecule has 3 aromatic rings. The van der Waals surface area contributed by atoms with E-state index in [2.05, 4.69) is 27.2 Å². The molecule has 12 nitrogen and oxygen atoms in total. The number of imidazole rings is 1. The average molecular weight is 530 g/mol. The molecule has 0 amide bonds. The molecule has 206 valence electrons. The van der Waals surface area contributed by atoms with Crippen molar-refractivity contribution < 1.29 is 34.3 Å². The van der Waals surface area contributed by atoms with Gasteiger partial charge in [-0.05, 0) is 24.1 Å². The number of aliphatic hydroxyl groups is 2. The SMILES string of the molecule is CCCCCCCC(=O)OC[C@H]1O[C@@H](n2cnc3c(NCc4ccc(O)c(OC)c4)ncnc32)[C@H](O)[C@@H]1O. The highest BCUT2D eigenvalue weighted by Gasteiger charge is 2.45. The molecule has 12 heteroatoms. The lowest BCUT2D eigenvalue weighted by Crippen LogP contribution is -2.34. The molecular formula is C26H35N5O7. The first-order valence-electron chi connectivity index (χ1n) is 12.9. The summed E-state index contributed by atoms with van der Waals surface area (Å²) in [4.78, 5) is 25.0. The molecule has 4 atom stereocenters. The number of hydrogen-bond donors (Lipinski definition) is 4. The highest BCUT2D eigenvalue weighted by Crippen LogP contribution is 2.33. The van der Waals surface area contributed by atoms with E-state index in [1.807, 2.05) is 0 Å². The molecule has 38 heavy (non-hydrogen) atoms. The molecule has 0 aliphatic carbocycles. The molecule has 4 rings (SSSR count). The van der Waals surface area contributed by atoms with E-state index in [9.17, 15) is 20.1 Å². The molecule has 0 spiro atoms. The van der Waals surface area contributed by atoms with Crippen LogP contribution in [0.1, 0.15) is 57.2 Å². The minimum atomic E-state index is -1.28. The summed E-state index contributed by atoms with van der Waals surface area (Å²) in [5.74, 6) is 0.517. The van der Waals surface area contributed by atoms with E-state index in [0.717, 1.165) is 37.7 Å². The van der Waals surface area contributed by atoms with Gasteiger partial charge < -0.3 is 34.8 Å². The number of esters is 1. The third-order valence-electron chi connectivity index (χ3n) is 6.57. The number of hydrogen-bond acceptors (Lipinski definition) is 11. The molecule has 2 aromatic heterocycles. The number of phenols is 1. The summed E-state index contributed by atoms with van der Waals surface area (Å²) in [5, 5.41) is 34.2.